The maximum absolute atomic E-state index is 13.5. The van der Waals surface area contributed by atoms with E-state index in [9.17, 15) is 4.79 Å². The Morgan fingerprint density at radius 2 is 2.07 bits per heavy atom. The Labute approximate surface area is 163 Å². The van der Waals surface area contributed by atoms with Crippen molar-refractivity contribution in [3.63, 3.8) is 0 Å². The van der Waals surface area contributed by atoms with Crippen LogP contribution in [-0.2, 0) is 11.2 Å². The highest BCUT2D eigenvalue weighted by atomic mass is 35.5. The monoisotopic (exact) mass is 384 g/mol. The molecule has 2 aromatic carbocycles. The van der Waals surface area contributed by atoms with Crippen molar-refractivity contribution in [2.24, 2.45) is 0 Å². The van der Waals surface area contributed by atoms with Gasteiger partial charge in [-0.05, 0) is 30.7 Å². The molecular weight excluding hydrogens is 364 g/mol. The standard InChI is InChI=1S/C22H21ClO4/c1-2-3-7-19-21(16-6-4-5-8-18(16)27-19)22(24)17-10-9-14(23)11-20(17)26-13-15-12-25-15/h4-6,8-11,15H,2-3,7,12-13H2,1H3. The van der Waals surface area contributed by atoms with E-state index in [-0.39, 0.29) is 11.9 Å². The van der Waals surface area contributed by atoms with Gasteiger partial charge in [0.1, 0.15) is 29.8 Å². The number of hydrogen-bond donors (Lipinski definition) is 0. The number of aryl methyl sites for hydroxylation is 1. The zero-order chi connectivity index (χ0) is 18.8. The van der Waals surface area contributed by atoms with Crippen molar-refractivity contribution in [3.8, 4) is 5.75 Å². The largest absolute Gasteiger partial charge is 0.490 e. The van der Waals surface area contributed by atoms with Crippen molar-refractivity contribution >= 4 is 28.4 Å². The van der Waals surface area contributed by atoms with Crippen LogP contribution < -0.4 is 4.74 Å². The van der Waals surface area contributed by atoms with Gasteiger partial charge in [0.25, 0.3) is 0 Å². The maximum Gasteiger partial charge on any atom is 0.200 e. The predicted molar refractivity (Wildman–Crippen MR) is 105 cm³/mol. The van der Waals surface area contributed by atoms with Crippen LogP contribution in [0.3, 0.4) is 0 Å². The predicted octanol–water partition coefficient (Wildman–Crippen LogP) is 5.44. The summed E-state index contributed by atoms with van der Waals surface area (Å²) in [5.74, 6) is 1.11. The number of ketones is 1. The normalized spacial score (nSPS) is 15.9. The molecule has 3 aromatic rings. The molecule has 1 fully saturated rings. The molecule has 0 N–H and O–H groups in total. The second-order valence-corrected chi connectivity index (χ2v) is 7.17. The molecule has 4 rings (SSSR count). The van der Waals surface area contributed by atoms with Gasteiger partial charge in [-0.1, -0.05) is 43.1 Å². The molecule has 4 nitrogen and oxygen atoms in total. The molecule has 1 atom stereocenters. The molecule has 5 heteroatoms. The number of benzene rings is 2. The Morgan fingerprint density at radius 3 is 2.85 bits per heavy atom. The van der Waals surface area contributed by atoms with E-state index in [0.717, 1.165) is 36.0 Å². The quantitative estimate of drug-likeness (QED) is 0.383. The average molecular weight is 385 g/mol. The van der Waals surface area contributed by atoms with Gasteiger partial charge < -0.3 is 13.9 Å². The minimum atomic E-state index is -0.102. The molecule has 0 radical (unpaired) electrons. The van der Waals surface area contributed by atoms with Gasteiger partial charge in [0, 0.05) is 16.8 Å². The summed E-state index contributed by atoms with van der Waals surface area (Å²) in [4.78, 5) is 13.5. The summed E-state index contributed by atoms with van der Waals surface area (Å²) in [7, 11) is 0. The number of epoxide rings is 1. The van der Waals surface area contributed by atoms with Gasteiger partial charge in [-0.25, -0.2) is 0 Å². The summed E-state index contributed by atoms with van der Waals surface area (Å²) in [6.45, 7) is 3.22. The van der Waals surface area contributed by atoms with Crippen LogP contribution in [0.15, 0.2) is 46.9 Å². The molecule has 2 heterocycles. The van der Waals surface area contributed by atoms with E-state index in [1.807, 2.05) is 24.3 Å². The Bertz CT molecular complexity index is 972. The summed E-state index contributed by atoms with van der Waals surface area (Å²) >= 11 is 6.13. The lowest BCUT2D eigenvalue weighted by Gasteiger charge is -2.11. The molecule has 27 heavy (non-hydrogen) atoms. The number of fused-ring (bicyclic) bond motifs is 1. The lowest BCUT2D eigenvalue weighted by atomic mass is 9.97. The molecule has 0 amide bonds. The van der Waals surface area contributed by atoms with Gasteiger partial charge in [0.05, 0.1) is 17.7 Å². The van der Waals surface area contributed by atoms with Crippen molar-refractivity contribution in [2.45, 2.75) is 32.3 Å². The van der Waals surface area contributed by atoms with E-state index in [1.54, 1.807) is 18.2 Å². The zero-order valence-corrected chi connectivity index (χ0v) is 15.9. The number of hydrogen-bond acceptors (Lipinski definition) is 4. The first kappa shape index (κ1) is 18.1. The van der Waals surface area contributed by atoms with Crippen LogP contribution in [0.4, 0.5) is 0 Å². The average Bonchev–Trinajstić information content (AvgIpc) is 3.43. The second kappa shape index (κ2) is 7.75. The summed E-state index contributed by atoms with van der Waals surface area (Å²) in [5, 5.41) is 1.36. The van der Waals surface area contributed by atoms with Gasteiger partial charge in [-0.15, -0.1) is 0 Å². The molecule has 0 bridgehead atoms. The molecule has 1 aliphatic heterocycles. The Hall–Kier alpha value is -2.30. The number of ether oxygens (including phenoxy) is 2. The van der Waals surface area contributed by atoms with E-state index in [0.29, 0.717) is 35.1 Å². The van der Waals surface area contributed by atoms with E-state index >= 15 is 0 Å². The first-order valence-electron chi connectivity index (χ1n) is 9.26. The van der Waals surface area contributed by atoms with Crippen molar-refractivity contribution in [1.82, 2.24) is 0 Å². The van der Waals surface area contributed by atoms with Gasteiger partial charge >= 0.3 is 0 Å². The van der Waals surface area contributed by atoms with Crippen molar-refractivity contribution in [3.05, 3.63) is 64.4 Å². The minimum Gasteiger partial charge on any atom is -0.490 e. The maximum atomic E-state index is 13.5. The molecule has 1 aliphatic rings. The van der Waals surface area contributed by atoms with Crippen LogP contribution in [0, 0.1) is 0 Å². The summed E-state index contributed by atoms with van der Waals surface area (Å²) in [6, 6.07) is 12.8. The van der Waals surface area contributed by atoms with Crippen LogP contribution in [-0.4, -0.2) is 25.1 Å². The summed E-state index contributed by atoms with van der Waals surface area (Å²) in [6.07, 6.45) is 2.82. The highest BCUT2D eigenvalue weighted by Crippen LogP contribution is 2.33. The fraction of sp³-hybridized carbons (Fsp3) is 0.318. The highest BCUT2D eigenvalue weighted by Gasteiger charge is 2.27. The van der Waals surface area contributed by atoms with Crippen LogP contribution in [0.1, 0.15) is 41.4 Å². The smallest absolute Gasteiger partial charge is 0.200 e. The van der Waals surface area contributed by atoms with E-state index in [1.165, 1.54) is 0 Å². The number of carbonyl (C=O) groups is 1. The minimum absolute atomic E-state index is 0.0989. The van der Waals surface area contributed by atoms with Crippen molar-refractivity contribution in [1.29, 1.82) is 0 Å². The first-order chi connectivity index (χ1) is 13.2. The van der Waals surface area contributed by atoms with Crippen LogP contribution >= 0.6 is 11.6 Å². The van der Waals surface area contributed by atoms with Gasteiger partial charge in [-0.3, -0.25) is 4.79 Å². The summed E-state index contributed by atoms with van der Waals surface area (Å²) in [5.41, 5.74) is 1.84. The fourth-order valence-electron chi connectivity index (χ4n) is 3.14. The lowest BCUT2D eigenvalue weighted by molar-refractivity contribution is 0.103. The van der Waals surface area contributed by atoms with Gasteiger partial charge in [0.15, 0.2) is 0 Å². The summed E-state index contributed by atoms with van der Waals surface area (Å²) < 4.78 is 17.0. The molecule has 1 saturated heterocycles. The molecule has 0 spiro atoms. The topological polar surface area (TPSA) is 52.0 Å². The number of halogens is 1. The molecular formula is C22H21ClO4. The van der Waals surface area contributed by atoms with E-state index in [4.69, 9.17) is 25.5 Å². The first-order valence-corrected chi connectivity index (χ1v) is 9.64. The number of para-hydroxylation sites is 1. The number of carbonyl (C=O) groups excluding carboxylic acids is 1. The third-order valence-electron chi connectivity index (χ3n) is 4.67. The van der Waals surface area contributed by atoms with Gasteiger partial charge in [-0.2, -0.15) is 0 Å². The number of furan rings is 1. The molecule has 0 aliphatic carbocycles. The SMILES string of the molecule is CCCCc1oc2ccccc2c1C(=O)c1ccc(Cl)cc1OCC1CO1. The van der Waals surface area contributed by atoms with E-state index < -0.39 is 0 Å². The van der Waals surface area contributed by atoms with Crippen LogP contribution in [0.25, 0.3) is 11.0 Å². The number of unbranched alkanes of at least 4 members (excludes halogenated alkanes) is 1. The van der Waals surface area contributed by atoms with E-state index in [2.05, 4.69) is 6.92 Å². The van der Waals surface area contributed by atoms with Crippen LogP contribution in [0.2, 0.25) is 5.02 Å². The number of rotatable bonds is 8. The third kappa shape index (κ3) is 3.87. The second-order valence-electron chi connectivity index (χ2n) is 6.74. The third-order valence-corrected chi connectivity index (χ3v) is 4.90. The zero-order valence-electron chi connectivity index (χ0n) is 15.2. The molecule has 0 saturated carbocycles. The Kier molecular flexibility index (Phi) is 5.19. The molecule has 140 valence electrons. The Balaban J connectivity index is 1.75. The Morgan fingerprint density at radius 1 is 1.26 bits per heavy atom. The van der Waals surface area contributed by atoms with Crippen molar-refractivity contribution < 1.29 is 18.7 Å². The highest BCUT2D eigenvalue weighted by molar-refractivity contribution is 6.31. The van der Waals surface area contributed by atoms with Gasteiger partial charge in [0.2, 0.25) is 5.78 Å². The van der Waals surface area contributed by atoms with Crippen LogP contribution in [0.5, 0.6) is 5.75 Å². The van der Waals surface area contributed by atoms with Crippen molar-refractivity contribution in [2.75, 3.05) is 13.2 Å². The fourth-order valence-corrected chi connectivity index (χ4v) is 3.31. The molecule has 1 unspecified atom stereocenters. The molecule has 1 aromatic heterocycles. The lowest BCUT2D eigenvalue weighted by Crippen LogP contribution is -2.10.